The lowest BCUT2D eigenvalue weighted by Gasteiger charge is -2.32. The molecule has 2 aliphatic rings. The third kappa shape index (κ3) is 10.5. The number of hydrogen-bond acceptors (Lipinski definition) is 8. The largest absolute Gasteiger partial charge is 0.457 e. The molecular formula is C31H50O8. The number of hydrogen-bond donors (Lipinski definition) is 3. The van der Waals surface area contributed by atoms with E-state index in [1.807, 2.05) is 39.8 Å². The lowest BCUT2D eigenvalue weighted by atomic mass is 9.88. The number of allylic oxidation sites excluding steroid dienone is 3. The predicted molar refractivity (Wildman–Crippen MR) is 150 cm³/mol. The van der Waals surface area contributed by atoms with Gasteiger partial charge < -0.3 is 29.5 Å². The zero-order valence-corrected chi connectivity index (χ0v) is 24.7. The second-order valence-corrected chi connectivity index (χ2v) is 11.7. The second kappa shape index (κ2) is 15.1. The Morgan fingerprint density at radius 1 is 1.28 bits per heavy atom. The number of carbonyl (C=O) groups is 2. The minimum absolute atomic E-state index is 0.105. The van der Waals surface area contributed by atoms with Crippen molar-refractivity contribution in [3.05, 3.63) is 36.0 Å². The smallest absolute Gasteiger partial charge is 0.309 e. The lowest BCUT2D eigenvalue weighted by Crippen LogP contribution is -2.42. The Morgan fingerprint density at radius 3 is 2.62 bits per heavy atom. The first kappa shape index (κ1) is 33.2. The monoisotopic (exact) mass is 550 g/mol. The van der Waals surface area contributed by atoms with Gasteiger partial charge in [0.05, 0.1) is 30.8 Å². The van der Waals surface area contributed by atoms with E-state index in [0.29, 0.717) is 0 Å². The summed E-state index contributed by atoms with van der Waals surface area (Å²) in [4.78, 5) is 24.7. The summed E-state index contributed by atoms with van der Waals surface area (Å²) in [5.41, 5.74) is -0.578. The van der Waals surface area contributed by atoms with Crippen molar-refractivity contribution in [3.8, 4) is 0 Å². The number of rotatable bonds is 10. The van der Waals surface area contributed by atoms with Crippen molar-refractivity contribution < 1.29 is 39.1 Å². The number of aliphatic hydroxyl groups is 3. The summed E-state index contributed by atoms with van der Waals surface area (Å²) in [5, 5.41) is 31.5. The summed E-state index contributed by atoms with van der Waals surface area (Å²) in [6.45, 7) is 13.2. The van der Waals surface area contributed by atoms with Crippen molar-refractivity contribution >= 4 is 11.9 Å². The van der Waals surface area contributed by atoms with Crippen molar-refractivity contribution in [2.75, 3.05) is 0 Å². The molecule has 1 saturated heterocycles. The third-order valence-electron chi connectivity index (χ3n) is 7.89. The molecule has 0 aromatic carbocycles. The van der Waals surface area contributed by atoms with Gasteiger partial charge in [-0.15, -0.1) is 0 Å². The summed E-state index contributed by atoms with van der Waals surface area (Å²) < 4.78 is 17.1. The van der Waals surface area contributed by atoms with Crippen LogP contribution in [0.3, 0.4) is 0 Å². The van der Waals surface area contributed by atoms with Gasteiger partial charge in [-0.3, -0.25) is 9.59 Å². The molecule has 0 aromatic heterocycles. The Labute approximate surface area is 234 Å². The van der Waals surface area contributed by atoms with Crippen LogP contribution in [0.15, 0.2) is 36.0 Å². The van der Waals surface area contributed by atoms with Crippen LogP contribution in [-0.4, -0.2) is 69.5 Å². The van der Waals surface area contributed by atoms with Crippen molar-refractivity contribution in [1.82, 2.24) is 0 Å². The summed E-state index contributed by atoms with van der Waals surface area (Å²) in [7, 11) is 0. The van der Waals surface area contributed by atoms with Gasteiger partial charge in [0, 0.05) is 18.3 Å². The highest BCUT2D eigenvalue weighted by Gasteiger charge is 2.45. The number of epoxide rings is 1. The van der Waals surface area contributed by atoms with Gasteiger partial charge in [-0.25, -0.2) is 0 Å². The average Bonchev–Trinajstić information content (AvgIpc) is 3.65. The van der Waals surface area contributed by atoms with E-state index in [0.717, 1.165) is 18.4 Å². The highest BCUT2D eigenvalue weighted by Crippen LogP contribution is 2.36. The first-order chi connectivity index (χ1) is 18.3. The molecule has 0 spiro atoms. The zero-order valence-electron chi connectivity index (χ0n) is 24.7. The standard InChI is InChI=1S/C31H50O8/c1-8-24(33)22(6)30-25(37-30)17-19(3)11-10-12-20(4)29-21(5)13-14-26(38-27(34)9-2)31(7,36)16-15-23(32)18-28(35)39-29/h10-14,19,21-26,29-30,32-33,36H,8-9,15-18H2,1-7H3/b11-10+,14-13+,20-12+/t19-,21-,22+,23+,24-,25+,26-,29-,30+,31-/m0/s1. The second-order valence-electron chi connectivity index (χ2n) is 11.7. The fraction of sp³-hybridized carbons (Fsp3) is 0.742. The number of carbonyl (C=O) groups excluding carboxylic acids is 2. The molecule has 0 aromatic rings. The molecule has 222 valence electrons. The number of cyclic esters (lactones) is 1. The molecule has 39 heavy (non-hydrogen) atoms. The Morgan fingerprint density at radius 2 is 1.97 bits per heavy atom. The van der Waals surface area contributed by atoms with Crippen LogP contribution in [0.2, 0.25) is 0 Å². The molecule has 10 atom stereocenters. The molecule has 2 heterocycles. The van der Waals surface area contributed by atoms with Crippen LogP contribution < -0.4 is 0 Å². The normalized spacial score (nSPS) is 35.7. The molecule has 0 radical (unpaired) electrons. The van der Waals surface area contributed by atoms with Crippen molar-refractivity contribution in [3.63, 3.8) is 0 Å². The van der Waals surface area contributed by atoms with Crippen LogP contribution in [0.4, 0.5) is 0 Å². The van der Waals surface area contributed by atoms with Gasteiger partial charge in [-0.1, -0.05) is 58.9 Å². The number of aliphatic hydroxyl groups excluding tert-OH is 2. The van der Waals surface area contributed by atoms with E-state index in [1.54, 1.807) is 26.0 Å². The van der Waals surface area contributed by atoms with Gasteiger partial charge in [-0.2, -0.15) is 0 Å². The van der Waals surface area contributed by atoms with Crippen molar-refractivity contribution in [2.45, 2.75) is 129 Å². The Balaban J connectivity index is 2.14. The maximum absolute atomic E-state index is 12.6. The molecule has 3 N–H and O–H groups in total. The van der Waals surface area contributed by atoms with Crippen LogP contribution in [0.5, 0.6) is 0 Å². The topological polar surface area (TPSA) is 126 Å². The molecule has 1 fully saturated rings. The van der Waals surface area contributed by atoms with Crippen LogP contribution in [-0.2, 0) is 23.8 Å². The fourth-order valence-corrected chi connectivity index (χ4v) is 5.01. The van der Waals surface area contributed by atoms with Crippen molar-refractivity contribution in [1.29, 1.82) is 0 Å². The molecule has 0 amide bonds. The van der Waals surface area contributed by atoms with Gasteiger partial charge in [0.15, 0.2) is 0 Å². The maximum Gasteiger partial charge on any atom is 0.309 e. The van der Waals surface area contributed by atoms with Crippen LogP contribution >= 0.6 is 0 Å². The fourth-order valence-electron chi connectivity index (χ4n) is 5.01. The quantitative estimate of drug-likeness (QED) is 0.158. The summed E-state index contributed by atoms with van der Waals surface area (Å²) >= 11 is 0. The maximum atomic E-state index is 12.6. The average molecular weight is 551 g/mol. The van der Waals surface area contributed by atoms with Gasteiger partial charge in [0.25, 0.3) is 0 Å². The van der Waals surface area contributed by atoms with Gasteiger partial charge in [0.2, 0.25) is 0 Å². The highest BCUT2D eigenvalue weighted by atomic mass is 16.6. The molecule has 2 rings (SSSR count). The number of esters is 2. The molecule has 0 bridgehead atoms. The summed E-state index contributed by atoms with van der Waals surface area (Å²) in [6, 6.07) is 0. The minimum atomic E-state index is -1.40. The number of ether oxygens (including phenoxy) is 3. The zero-order chi connectivity index (χ0) is 29.3. The van der Waals surface area contributed by atoms with Crippen LogP contribution in [0.25, 0.3) is 0 Å². The van der Waals surface area contributed by atoms with Crippen LogP contribution in [0, 0.1) is 17.8 Å². The predicted octanol–water partition coefficient (Wildman–Crippen LogP) is 4.41. The Kier molecular flexibility index (Phi) is 12.9. The van der Waals surface area contributed by atoms with E-state index >= 15 is 0 Å². The van der Waals surface area contributed by atoms with Crippen LogP contribution in [0.1, 0.15) is 87.0 Å². The lowest BCUT2D eigenvalue weighted by molar-refractivity contribution is -0.159. The molecule has 8 nitrogen and oxygen atoms in total. The third-order valence-corrected chi connectivity index (χ3v) is 7.89. The molecule has 0 saturated carbocycles. The molecule has 8 heteroatoms. The van der Waals surface area contributed by atoms with E-state index in [4.69, 9.17) is 14.2 Å². The SMILES string of the molecule is CCC(=O)O[C@H]1/C=C/[C@H](C)[C@H](/C(C)=C/C=C/[C@H](C)C[C@H]2O[C@@H]2[C@H](C)[C@@H](O)CC)OC(=O)C[C@H](O)CC[C@]1(C)O. The first-order valence-electron chi connectivity index (χ1n) is 14.4. The van der Waals surface area contributed by atoms with E-state index in [1.165, 1.54) is 0 Å². The van der Waals surface area contributed by atoms with Gasteiger partial charge in [-0.05, 0) is 57.1 Å². The molecule has 2 aliphatic heterocycles. The van der Waals surface area contributed by atoms with Gasteiger partial charge >= 0.3 is 11.9 Å². The van der Waals surface area contributed by atoms with E-state index < -0.39 is 35.9 Å². The summed E-state index contributed by atoms with van der Waals surface area (Å²) in [5.74, 6) is -0.832. The molecule has 0 unspecified atom stereocenters. The first-order valence-corrected chi connectivity index (χ1v) is 14.4. The Hall–Kier alpha value is -2.00. The van der Waals surface area contributed by atoms with E-state index in [-0.39, 0.29) is 61.7 Å². The van der Waals surface area contributed by atoms with Crippen molar-refractivity contribution in [2.24, 2.45) is 17.8 Å². The highest BCUT2D eigenvalue weighted by molar-refractivity contribution is 5.70. The molecule has 0 aliphatic carbocycles. The summed E-state index contributed by atoms with van der Waals surface area (Å²) in [6.07, 6.45) is 8.74. The minimum Gasteiger partial charge on any atom is -0.457 e. The van der Waals surface area contributed by atoms with E-state index in [9.17, 15) is 24.9 Å². The Bertz CT molecular complexity index is 891. The molecular weight excluding hydrogens is 500 g/mol. The van der Waals surface area contributed by atoms with E-state index in [2.05, 4.69) is 13.0 Å². The van der Waals surface area contributed by atoms with Gasteiger partial charge in [0.1, 0.15) is 17.8 Å².